The van der Waals surface area contributed by atoms with Gasteiger partial charge in [0.2, 0.25) is 0 Å². The second kappa shape index (κ2) is 10.0. The Kier molecular flexibility index (Phi) is 7.45. The molecule has 0 bridgehead atoms. The molecule has 0 aliphatic heterocycles. The van der Waals surface area contributed by atoms with E-state index in [0.29, 0.717) is 35.8 Å². The maximum absolute atomic E-state index is 8.63. The zero-order valence-electron chi connectivity index (χ0n) is 15.0. The normalized spacial score (nSPS) is 12.4. The first-order chi connectivity index (χ1) is 13.0. The molecule has 27 heavy (non-hydrogen) atoms. The Morgan fingerprint density at radius 3 is 2.07 bits per heavy atom. The number of nitrogens with one attached hydrogen (secondary N) is 1. The van der Waals surface area contributed by atoms with E-state index in [1.807, 2.05) is 0 Å². The zero-order chi connectivity index (χ0) is 19.6. The molecule has 0 fully saturated rings. The molecule has 8 heteroatoms. The molecule has 0 spiro atoms. The van der Waals surface area contributed by atoms with E-state index < -0.39 is 0 Å². The quantitative estimate of drug-likeness (QED) is 0.141. The summed E-state index contributed by atoms with van der Waals surface area (Å²) in [5.74, 6) is 1.48. The summed E-state index contributed by atoms with van der Waals surface area (Å²) in [6, 6.07) is 13.9. The Hall–Kier alpha value is -3.26. The topological polar surface area (TPSA) is 153 Å². The summed E-state index contributed by atoms with van der Waals surface area (Å²) in [5.41, 5.74) is 18.3. The molecule has 8 N–H and O–H groups in total. The third kappa shape index (κ3) is 6.52. The molecule has 2 aromatic carbocycles. The van der Waals surface area contributed by atoms with Crippen LogP contribution in [0.5, 0.6) is 11.5 Å². The van der Waals surface area contributed by atoms with Crippen molar-refractivity contribution in [2.45, 2.75) is 18.9 Å². The van der Waals surface area contributed by atoms with Crippen LogP contribution >= 0.6 is 0 Å². The third-order valence-corrected chi connectivity index (χ3v) is 3.88. The van der Waals surface area contributed by atoms with Crippen molar-refractivity contribution in [2.75, 3.05) is 13.2 Å². The molecule has 1 unspecified atom stereocenters. The first-order valence-electron chi connectivity index (χ1n) is 8.53. The number of hydrogen-bond acceptors (Lipinski definition) is 6. The van der Waals surface area contributed by atoms with Crippen molar-refractivity contribution in [3.05, 3.63) is 59.7 Å². The van der Waals surface area contributed by atoms with Gasteiger partial charge in [0.15, 0.2) is 5.84 Å². The molecule has 0 saturated heterocycles. The number of benzene rings is 2. The van der Waals surface area contributed by atoms with Crippen LogP contribution in [0.1, 0.15) is 24.0 Å². The van der Waals surface area contributed by atoms with Gasteiger partial charge in [-0.25, -0.2) is 0 Å². The van der Waals surface area contributed by atoms with Crippen LogP contribution in [-0.4, -0.2) is 36.1 Å². The van der Waals surface area contributed by atoms with Crippen LogP contribution in [-0.2, 0) is 0 Å². The lowest BCUT2D eigenvalue weighted by Gasteiger charge is -2.14. The van der Waals surface area contributed by atoms with E-state index in [1.165, 1.54) is 0 Å². The Labute approximate surface area is 158 Å². The monoisotopic (exact) mass is 371 g/mol. The summed E-state index contributed by atoms with van der Waals surface area (Å²) in [7, 11) is 0. The minimum absolute atomic E-state index is 0.0258. The summed E-state index contributed by atoms with van der Waals surface area (Å²) in [4.78, 5) is 0. The van der Waals surface area contributed by atoms with E-state index in [9.17, 15) is 0 Å². The fraction of sp³-hybridized carbons (Fsp3) is 0.263. The van der Waals surface area contributed by atoms with Gasteiger partial charge in [0, 0.05) is 17.2 Å². The molecule has 0 heterocycles. The average Bonchev–Trinajstić information content (AvgIpc) is 2.69. The lowest BCUT2D eigenvalue weighted by Crippen LogP contribution is -2.28. The lowest BCUT2D eigenvalue weighted by molar-refractivity contribution is 0.260. The van der Waals surface area contributed by atoms with E-state index in [-0.39, 0.29) is 17.7 Å². The van der Waals surface area contributed by atoms with E-state index in [4.69, 9.17) is 37.3 Å². The Morgan fingerprint density at radius 1 is 0.963 bits per heavy atom. The highest BCUT2D eigenvalue weighted by Gasteiger charge is 2.05. The van der Waals surface area contributed by atoms with Crippen molar-refractivity contribution in [2.24, 2.45) is 22.4 Å². The van der Waals surface area contributed by atoms with Gasteiger partial charge in [0.1, 0.15) is 23.9 Å². The fourth-order valence-electron chi connectivity index (χ4n) is 2.33. The molecule has 0 aliphatic rings. The highest BCUT2D eigenvalue weighted by Crippen LogP contribution is 2.14. The van der Waals surface area contributed by atoms with E-state index in [0.717, 1.165) is 12.8 Å². The number of hydrogen-bond donors (Lipinski definition) is 5. The summed E-state index contributed by atoms with van der Waals surface area (Å²) in [6.07, 6.45) is 1.55. The molecule has 0 aliphatic carbocycles. The molecular weight excluding hydrogens is 346 g/mol. The number of rotatable bonds is 10. The van der Waals surface area contributed by atoms with Gasteiger partial charge in [0.25, 0.3) is 0 Å². The lowest BCUT2D eigenvalue weighted by atomic mass is 10.2. The maximum Gasteiger partial charge on any atom is 0.170 e. The van der Waals surface area contributed by atoms with Crippen LogP contribution < -0.4 is 26.7 Å². The van der Waals surface area contributed by atoms with Crippen molar-refractivity contribution in [3.8, 4) is 11.5 Å². The number of ether oxygens (including phenoxy) is 2. The number of nitrogen functional groups attached to an aromatic ring is 1. The van der Waals surface area contributed by atoms with Gasteiger partial charge >= 0.3 is 0 Å². The SMILES string of the molecule is N=C(N)c1ccc(OCC(N)CCCOc2ccc(/C(N)=N/O)cc2)cc1. The number of oxime groups is 1. The van der Waals surface area contributed by atoms with Gasteiger partial charge in [-0.15, -0.1) is 0 Å². The van der Waals surface area contributed by atoms with E-state index in [1.54, 1.807) is 48.5 Å². The number of nitrogens with two attached hydrogens (primary N) is 3. The minimum atomic E-state index is -0.107. The largest absolute Gasteiger partial charge is 0.494 e. The Morgan fingerprint density at radius 2 is 1.52 bits per heavy atom. The van der Waals surface area contributed by atoms with E-state index >= 15 is 0 Å². The van der Waals surface area contributed by atoms with Gasteiger partial charge in [-0.1, -0.05) is 5.16 Å². The van der Waals surface area contributed by atoms with Crippen molar-refractivity contribution < 1.29 is 14.7 Å². The Balaban J connectivity index is 1.65. The van der Waals surface area contributed by atoms with Crippen molar-refractivity contribution in [3.63, 3.8) is 0 Å². The molecule has 8 nitrogen and oxygen atoms in total. The molecule has 2 aromatic rings. The van der Waals surface area contributed by atoms with Crippen molar-refractivity contribution >= 4 is 11.7 Å². The summed E-state index contributed by atoms with van der Waals surface area (Å²) in [5, 5.41) is 18.9. The summed E-state index contributed by atoms with van der Waals surface area (Å²) < 4.78 is 11.3. The van der Waals surface area contributed by atoms with Crippen molar-refractivity contribution in [1.82, 2.24) is 0 Å². The predicted molar refractivity (Wildman–Crippen MR) is 105 cm³/mol. The van der Waals surface area contributed by atoms with Crippen LogP contribution in [0.3, 0.4) is 0 Å². The molecule has 2 rings (SSSR count). The zero-order valence-corrected chi connectivity index (χ0v) is 15.0. The number of nitrogens with zero attached hydrogens (tertiary/aromatic N) is 1. The molecule has 0 amide bonds. The van der Waals surface area contributed by atoms with Crippen LogP contribution in [0.4, 0.5) is 0 Å². The van der Waals surface area contributed by atoms with Crippen LogP contribution in [0.25, 0.3) is 0 Å². The smallest absolute Gasteiger partial charge is 0.170 e. The Bertz CT molecular complexity index is 760. The van der Waals surface area contributed by atoms with Crippen LogP contribution in [0, 0.1) is 5.41 Å². The average molecular weight is 371 g/mol. The molecule has 0 aromatic heterocycles. The predicted octanol–water partition coefficient (Wildman–Crippen LogP) is 1.63. The standard InChI is InChI=1S/C19H25N5O3/c20-15(12-27-17-7-3-13(4-8-17)18(21)22)2-1-11-26-16-9-5-14(6-10-16)19(23)24-25/h3-10,15,25H,1-2,11-12,20H2,(H3,21,22)(H2,23,24). The highest BCUT2D eigenvalue weighted by atomic mass is 16.5. The molecule has 0 saturated carbocycles. The van der Waals surface area contributed by atoms with Gasteiger partial charge in [0.05, 0.1) is 6.61 Å². The molecule has 144 valence electrons. The van der Waals surface area contributed by atoms with Gasteiger partial charge in [-0.05, 0) is 61.4 Å². The first-order valence-corrected chi connectivity index (χ1v) is 8.53. The second-order valence-corrected chi connectivity index (χ2v) is 6.01. The molecule has 0 radical (unpaired) electrons. The molecule has 1 atom stereocenters. The highest BCUT2D eigenvalue weighted by molar-refractivity contribution is 5.97. The summed E-state index contributed by atoms with van der Waals surface area (Å²) >= 11 is 0. The van der Waals surface area contributed by atoms with Crippen molar-refractivity contribution in [1.29, 1.82) is 5.41 Å². The van der Waals surface area contributed by atoms with E-state index in [2.05, 4.69) is 5.16 Å². The fourth-order valence-corrected chi connectivity index (χ4v) is 2.33. The second-order valence-electron chi connectivity index (χ2n) is 6.01. The van der Waals surface area contributed by atoms with Gasteiger partial charge in [-0.3, -0.25) is 5.41 Å². The summed E-state index contributed by atoms with van der Waals surface area (Å²) in [6.45, 7) is 0.928. The number of amidine groups is 2. The maximum atomic E-state index is 8.63. The van der Waals surface area contributed by atoms with Gasteiger partial charge < -0.3 is 31.9 Å². The first kappa shape index (κ1) is 20.1. The van der Waals surface area contributed by atoms with Crippen LogP contribution in [0.15, 0.2) is 53.7 Å². The third-order valence-electron chi connectivity index (χ3n) is 3.88. The van der Waals surface area contributed by atoms with Gasteiger partial charge in [-0.2, -0.15) is 0 Å². The van der Waals surface area contributed by atoms with Crippen LogP contribution in [0.2, 0.25) is 0 Å². The minimum Gasteiger partial charge on any atom is -0.494 e. The molecular formula is C19H25N5O3.